The summed E-state index contributed by atoms with van der Waals surface area (Å²) < 4.78 is 1.52. The fraction of sp³-hybridized carbons (Fsp3) is 0.188. The number of aryl methyl sites for hydroxylation is 3. The molecule has 0 saturated heterocycles. The van der Waals surface area contributed by atoms with Crippen LogP contribution in [0.4, 0.5) is 5.13 Å². The number of nitrogens with one attached hydrogen (secondary N) is 1. The van der Waals surface area contributed by atoms with Crippen LogP contribution in [0.1, 0.15) is 21.2 Å². The van der Waals surface area contributed by atoms with Gasteiger partial charge in [-0.15, -0.1) is 11.3 Å². The number of hydrogen-bond donors (Lipinski definition) is 1. The highest BCUT2D eigenvalue weighted by atomic mass is 32.1. The first kappa shape index (κ1) is 15.9. The van der Waals surface area contributed by atoms with Gasteiger partial charge in [-0.25, -0.2) is 15.0 Å². The molecule has 25 heavy (non-hydrogen) atoms. The largest absolute Gasteiger partial charge is 0.296 e. The Labute approximate surface area is 151 Å². The molecule has 0 unspecified atom stereocenters. The van der Waals surface area contributed by atoms with E-state index in [1.807, 2.05) is 26.0 Å². The zero-order valence-corrected chi connectivity index (χ0v) is 15.4. The molecule has 0 aliphatic carbocycles. The smallest absolute Gasteiger partial charge is 0.275 e. The molecule has 4 aromatic heterocycles. The number of aromatic nitrogens is 5. The summed E-state index contributed by atoms with van der Waals surface area (Å²) in [6, 6.07) is 5.52. The maximum atomic E-state index is 12.3. The van der Waals surface area contributed by atoms with Crippen molar-refractivity contribution in [2.45, 2.75) is 13.8 Å². The molecule has 0 spiro atoms. The second-order valence-electron chi connectivity index (χ2n) is 5.48. The number of amides is 1. The number of rotatable bonds is 3. The van der Waals surface area contributed by atoms with Crippen LogP contribution in [0.5, 0.6) is 0 Å². The maximum absolute atomic E-state index is 12.3. The highest BCUT2D eigenvalue weighted by Crippen LogP contribution is 2.32. The minimum atomic E-state index is -0.242. The summed E-state index contributed by atoms with van der Waals surface area (Å²) in [5.41, 5.74) is 3.09. The van der Waals surface area contributed by atoms with Gasteiger partial charge in [0.2, 0.25) is 0 Å². The van der Waals surface area contributed by atoms with Crippen LogP contribution in [0, 0.1) is 13.8 Å². The van der Waals surface area contributed by atoms with Gasteiger partial charge in [0.05, 0.1) is 21.3 Å². The van der Waals surface area contributed by atoms with Crippen molar-refractivity contribution in [1.29, 1.82) is 0 Å². The van der Waals surface area contributed by atoms with Gasteiger partial charge in [-0.3, -0.25) is 14.8 Å². The van der Waals surface area contributed by atoms with Gasteiger partial charge in [0.1, 0.15) is 16.0 Å². The molecule has 0 saturated carbocycles. The van der Waals surface area contributed by atoms with Crippen molar-refractivity contribution in [1.82, 2.24) is 24.7 Å². The van der Waals surface area contributed by atoms with Gasteiger partial charge >= 0.3 is 0 Å². The van der Waals surface area contributed by atoms with Gasteiger partial charge in [-0.1, -0.05) is 11.3 Å². The van der Waals surface area contributed by atoms with Gasteiger partial charge in [0.25, 0.3) is 5.91 Å². The minimum Gasteiger partial charge on any atom is -0.296 e. The molecule has 0 aliphatic rings. The standard InChI is InChI=1S/C16H14N6OS2/c1-8-13(24-9(2)18-8)10-4-5-11-15(19-10)25-16(20-11)21-14(23)12-6-7-17-22(12)3/h4-7H,1-3H3,(H,20,21,23). The first-order valence-corrected chi connectivity index (χ1v) is 9.16. The molecule has 4 aromatic rings. The average molecular weight is 370 g/mol. The molecule has 0 atom stereocenters. The van der Waals surface area contributed by atoms with E-state index in [0.717, 1.165) is 31.6 Å². The van der Waals surface area contributed by atoms with Crippen LogP contribution in [0.15, 0.2) is 24.4 Å². The molecule has 4 rings (SSSR count). The number of nitrogens with zero attached hydrogens (tertiary/aromatic N) is 5. The van der Waals surface area contributed by atoms with E-state index in [2.05, 4.69) is 25.4 Å². The van der Waals surface area contributed by atoms with Gasteiger partial charge in [0, 0.05) is 13.2 Å². The molecule has 0 aliphatic heterocycles. The average Bonchev–Trinajstić information content (AvgIpc) is 3.24. The van der Waals surface area contributed by atoms with E-state index in [-0.39, 0.29) is 5.91 Å². The van der Waals surface area contributed by atoms with Gasteiger partial charge < -0.3 is 0 Å². The van der Waals surface area contributed by atoms with Gasteiger partial charge in [-0.2, -0.15) is 5.10 Å². The van der Waals surface area contributed by atoms with Crippen LogP contribution in [0.2, 0.25) is 0 Å². The molecule has 1 N–H and O–H groups in total. The van der Waals surface area contributed by atoms with Crippen LogP contribution < -0.4 is 5.32 Å². The minimum absolute atomic E-state index is 0.242. The Kier molecular flexibility index (Phi) is 3.81. The van der Waals surface area contributed by atoms with Crippen LogP contribution in [0.3, 0.4) is 0 Å². The predicted octanol–water partition coefficient (Wildman–Crippen LogP) is 3.42. The van der Waals surface area contributed by atoms with Crippen molar-refractivity contribution >= 4 is 44.1 Å². The van der Waals surface area contributed by atoms with E-state index >= 15 is 0 Å². The molecule has 7 nitrogen and oxygen atoms in total. The van der Waals surface area contributed by atoms with Crippen molar-refractivity contribution in [3.63, 3.8) is 0 Å². The molecule has 126 valence electrons. The summed E-state index contributed by atoms with van der Waals surface area (Å²) >= 11 is 2.98. The highest BCUT2D eigenvalue weighted by molar-refractivity contribution is 7.22. The molecule has 0 radical (unpaired) electrons. The fourth-order valence-electron chi connectivity index (χ4n) is 2.52. The predicted molar refractivity (Wildman–Crippen MR) is 99.2 cm³/mol. The Morgan fingerprint density at radius 2 is 1.96 bits per heavy atom. The summed E-state index contributed by atoms with van der Waals surface area (Å²) in [7, 11) is 1.72. The Morgan fingerprint density at radius 3 is 2.64 bits per heavy atom. The zero-order chi connectivity index (χ0) is 17.6. The number of fused-ring (bicyclic) bond motifs is 1. The summed E-state index contributed by atoms with van der Waals surface area (Å²) in [5.74, 6) is -0.242. The number of carbonyl (C=O) groups excluding carboxylic acids is 1. The Morgan fingerprint density at radius 1 is 1.12 bits per heavy atom. The first-order valence-electron chi connectivity index (χ1n) is 7.52. The third-order valence-corrected chi connectivity index (χ3v) is 5.64. The molecular weight excluding hydrogens is 356 g/mol. The lowest BCUT2D eigenvalue weighted by Crippen LogP contribution is -2.15. The normalized spacial score (nSPS) is 11.2. The van der Waals surface area contributed by atoms with Crippen LogP contribution >= 0.6 is 22.7 Å². The van der Waals surface area contributed by atoms with Crippen molar-refractivity contribution in [3.05, 3.63) is 40.8 Å². The Bertz CT molecular complexity index is 1090. The molecule has 0 fully saturated rings. The monoisotopic (exact) mass is 370 g/mol. The van der Waals surface area contributed by atoms with Crippen molar-refractivity contribution < 1.29 is 4.79 Å². The van der Waals surface area contributed by atoms with Crippen LogP contribution in [-0.4, -0.2) is 30.6 Å². The summed E-state index contributed by atoms with van der Waals surface area (Å²) in [5, 5.41) is 8.34. The maximum Gasteiger partial charge on any atom is 0.275 e. The summed E-state index contributed by atoms with van der Waals surface area (Å²) in [6.45, 7) is 3.97. The lowest BCUT2D eigenvalue weighted by atomic mass is 10.2. The Balaban J connectivity index is 1.65. The second kappa shape index (κ2) is 6.01. The number of hydrogen-bond acceptors (Lipinski definition) is 7. The third-order valence-electron chi connectivity index (χ3n) is 3.67. The zero-order valence-electron chi connectivity index (χ0n) is 13.8. The van der Waals surface area contributed by atoms with Gasteiger partial charge in [-0.05, 0) is 32.0 Å². The van der Waals surface area contributed by atoms with Crippen molar-refractivity contribution in [2.75, 3.05) is 5.32 Å². The third kappa shape index (κ3) is 2.92. The molecule has 9 heteroatoms. The van der Waals surface area contributed by atoms with E-state index in [1.165, 1.54) is 16.0 Å². The number of anilines is 1. The molecule has 1 amide bonds. The topological polar surface area (TPSA) is 85.6 Å². The lowest BCUT2D eigenvalue weighted by Gasteiger charge is -2.00. The van der Waals surface area contributed by atoms with Crippen molar-refractivity contribution in [3.8, 4) is 10.6 Å². The number of thiazole rings is 2. The summed E-state index contributed by atoms with van der Waals surface area (Å²) in [6.07, 6.45) is 1.58. The quantitative estimate of drug-likeness (QED) is 0.597. The molecule has 4 heterocycles. The van der Waals surface area contributed by atoms with E-state index < -0.39 is 0 Å². The summed E-state index contributed by atoms with van der Waals surface area (Å²) in [4.78, 5) is 27.7. The lowest BCUT2D eigenvalue weighted by molar-refractivity contribution is 0.101. The highest BCUT2D eigenvalue weighted by Gasteiger charge is 2.15. The molecule has 0 bridgehead atoms. The van der Waals surface area contributed by atoms with E-state index in [9.17, 15) is 4.79 Å². The molecular formula is C16H14N6OS2. The Hall–Kier alpha value is -2.65. The number of carbonyl (C=O) groups is 1. The number of pyridine rings is 1. The van der Waals surface area contributed by atoms with Crippen LogP contribution in [0.25, 0.3) is 20.9 Å². The van der Waals surface area contributed by atoms with E-state index in [1.54, 1.807) is 30.6 Å². The second-order valence-corrected chi connectivity index (χ2v) is 7.66. The molecule has 0 aromatic carbocycles. The van der Waals surface area contributed by atoms with Gasteiger partial charge in [0.15, 0.2) is 5.13 Å². The van der Waals surface area contributed by atoms with E-state index in [4.69, 9.17) is 0 Å². The SMILES string of the molecule is Cc1nc(C)c(-c2ccc3nc(NC(=O)c4ccnn4C)sc3n2)s1. The first-order chi connectivity index (χ1) is 12.0. The fourth-order valence-corrected chi connectivity index (χ4v) is 4.25. The van der Waals surface area contributed by atoms with E-state index in [0.29, 0.717) is 10.8 Å². The van der Waals surface area contributed by atoms with Crippen molar-refractivity contribution in [2.24, 2.45) is 7.05 Å². The van der Waals surface area contributed by atoms with Crippen LogP contribution in [-0.2, 0) is 7.05 Å².